The molecule has 1 fully saturated rings. The van der Waals surface area contributed by atoms with E-state index in [1.807, 2.05) is 18.2 Å². The molecule has 0 bridgehead atoms. The van der Waals surface area contributed by atoms with Crippen LogP contribution in [0.4, 0.5) is 0 Å². The maximum absolute atomic E-state index is 10.9. The third kappa shape index (κ3) is 2.94. The molecule has 3 nitrogen and oxygen atoms in total. The number of aliphatic hydroxyl groups is 1. The van der Waals surface area contributed by atoms with Crippen LogP contribution in [0.2, 0.25) is 0 Å². The van der Waals surface area contributed by atoms with E-state index < -0.39 is 6.10 Å². The summed E-state index contributed by atoms with van der Waals surface area (Å²) >= 11 is 0. The monoisotopic (exact) mass is 284 g/mol. The number of aromatic nitrogens is 1. The van der Waals surface area contributed by atoms with E-state index in [0.717, 1.165) is 35.1 Å². The zero-order valence-electron chi connectivity index (χ0n) is 12.8. The summed E-state index contributed by atoms with van der Waals surface area (Å²) in [5, 5.41) is 15.4. The fourth-order valence-electron chi connectivity index (χ4n) is 3.13. The Morgan fingerprint density at radius 3 is 2.76 bits per heavy atom. The summed E-state index contributed by atoms with van der Waals surface area (Å²) in [6.07, 6.45) is 2.97. The predicted octanol–water partition coefficient (Wildman–Crippen LogP) is 3.53. The number of aliphatic hydroxyl groups excluding tert-OH is 1. The minimum atomic E-state index is -0.462. The lowest BCUT2D eigenvalue weighted by molar-refractivity contribution is 0.115. The Bertz CT molecular complexity index is 618. The van der Waals surface area contributed by atoms with E-state index in [4.69, 9.17) is 4.98 Å². The Hall–Kier alpha value is -1.45. The van der Waals surface area contributed by atoms with Crippen LogP contribution in [0.1, 0.15) is 56.4 Å². The summed E-state index contributed by atoms with van der Waals surface area (Å²) in [4.78, 5) is 4.73. The van der Waals surface area contributed by atoms with Crippen LogP contribution < -0.4 is 5.32 Å². The first-order valence-corrected chi connectivity index (χ1v) is 7.98. The Kier molecular flexibility index (Phi) is 4.22. The molecule has 2 N–H and O–H groups in total. The summed E-state index contributed by atoms with van der Waals surface area (Å²) in [5.41, 5.74) is 3.05. The average Bonchev–Trinajstić information content (AvgIpc) is 2.54. The van der Waals surface area contributed by atoms with Crippen molar-refractivity contribution in [1.82, 2.24) is 10.3 Å². The van der Waals surface area contributed by atoms with E-state index in [1.54, 1.807) is 0 Å². The van der Waals surface area contributed by atoms with Gasteiger partial charge in [0.15, 0.2) is 0 Å². The molecule has 1 saturated heterocycles. The standard InChI is InChI=1S/C18H24N2O/c1-12(2)17-11-14(13-7-3-4-8-15(13)20-17)18(21)16-9-5-6-10-19-16/h3-4,7-8,11-12,16,18-19,21H,5-6,9-10H2,1-2H3/t16-,18-/m0/s1. The molecule has 2 atom stereocenters. The number of piperidine rings is 1. The molecule has 1 aromatic heterocycles. The van der Waals surface area contributed by atoms with Gasteiger partial charge in [-0.1, -0.05) is 38.5 Å². The smallest absolute Gasteiger partial charge is 0.0950 e. The minimum Gasteiger partial charge on any atom is -0.387 e. The highest BCUT2D eigenvalue weighted by molar-refractivity contribution is 5.82. The van der Waals surface area contributed by atoms with Gasteiger partial charge in [-0.2, -0.15) is 0 Å². The van der Waals surface area contributed by atoms with Crippen LogP contribution in [0.5, 0.6) is 0 Å². The number of para-hydroxylation sites is 1. The summed E-state index contributed by atoms with van der Waals surface area (Å²) < 4.78 is 0. The van der Waals surface area contributed by atoms with Crippen molar-refractivity contribution in [2.75, 3.05) is 6.54 Å². The molecule has 1 aromatic carbocycles. The number of pyridine rings is 1. The molecule has 0 unspecified atom stereocenters. The summed E-state index contributed by atoms with van der Waals surface area (Å²) in [6, 6.07) is 10.4. The lowest BCUT2D eigenvalue weighted by atomic mass is 9.91. The first kappa shape index (κ1) is 14.5. The highest BCUT2D eigenvalue weighted by Crippen LogP contribution is 2.30. The van der Waals surface area contributed by atoms with E-state index in [1.165, 1.54) is 12.8 Å². The van der Waals surface area contributed by atoms with Crippen molar-refractivity contribution in [3.8, 4) is 0 Å². The molecule has 0 aliphatic carbocycles. The van der Waals surface area contributed by atoms with Gasteiger partial charge in [0, 0.05) is 17.1 Å². The molecular weight excluding hydrogens is 260 g/mol. The number of hydrogen-bond acceptors (Lipinski definition) is 3. The van der Waals surface area contributed by atoms with Gasteiger partial charge in [-0.15, -0.1) is 0 Å². The first-order chi connectivity index (χ1) is 10.2. The zero-order valence-corrected chi connectivity index (χ0v) is 12.8. The molecule has 3 heteroatoms. The normalized spacial score (nSPS) is 20.9. The van der Waals surface area contributed by atoms with Crippen molar-refractivity contribution in [2.24, 2.45) is 0 Å². The second kappa shape index (κ2) is 6.12. The van der Waals surface area contributed by atoms with Crippen molar-refractivity contribution in [2.45, 2.75) is 51.2 Å². The Morgan fingerprint density at radius 1 is 1.24 bits per heavy atom. The maximum Gasteiger partial charge on any atom is 0.0950 e. The highest BCUT2D eigenvalue weighted by atomic mass is 16.3. The van der Waals surface area contributed by atoms with Gasteiger partial charge in [0.2, 0.25) is 0 Å². The summed E-state index contributed by atoms with van der Waals surface area (Å²) in [7, 11) is 0. The summed E-state index contributed by atoms with van der Waals surface area (Å²) in [5.74, 6) is 0.361. The number of rotatable bonds is 3. The van der Waals surface area contributed by atoms with Crippen LogP contribution in [0.25, 0.3) is 10.9 Å². The van der Waals surface area contributed by atoms with E-state index in [2.05, 4.69) is 31.3 Å². The third-order valence-electron chi connectivity index (χ3n) is 4.41. The van der Waals surface area contributed by atoms with Crippen molar-refractivity contribution >= 4 is 10.9 Å². The number of fused-ring (bicyclic) bond motifs is 1. The molecule has 2 aromatic rings. The van der Waals surface area contributed by atoms with Gasteiger partial charge in [0.25, 0.3) is 0 Å². The van der Waals surface area contributed by atoms with Crippen LogP contribution in [0.3, 0.4) is 0 Å². The number of benzene rings is 1. The quantitative estimate of drug-likeness (QED) is 0.906. The van der Waals surface area contributed by atoms with Crippen LogP contribution in [-0.2, 0) is 0 Å². The van der Waals surface area contributed by atoms with Crippen molar-refractivity contribution < 1.29 is 5.11 Å². The van der Waals surface area contributed by atoms with Gasteiger partial charge >= 0.3 is 0 Å². The molecular formula is C18H24N2O. The van der Waals surface area contributed by atoms with Crippen LogP contribution in [0, 0.1) is 0 Å². The molecule has 1 aliphatic heterocycles. The van der Waals surface area contributed by atoms with Gasteiger partial charge in [-0.3, -0.25) is 4.98 Å². The van der Waals surface area contributed by atoms with Crippen LogP contribution in [-0.4, -0.2) is 22.7 Å². The van der Waals surface area contributed by atoms with E-state index in [9.17, 15) is 5.11 Å². The maximum atomic E-state index is 10.9. The molecule has 1 aliphatic rings. The number of hydrogen-bond donors (Lipinski definition) is 2. The van der Waals surface area contributed by atoms with Crippen molar-refractivity contribution in [3.63, 3.8) is 0 Å². The Balaban J connectivity index is 2.06. The van der Waals surface area contributed by atoms with Gasteiger partial charge < -0.3 is 10.4 Å². The molecule has 0 amide bonds. The van der Waals surface area contributed by atoms with E-state index in [-0.39, 0.29) is 6.04 Å². The van der Waals surface area contributed by atoms with Gasteiger partial charge in [-0.25, -0.2) is 0 Å². The topological polar surface area (TPSA) is 45.1 Å². The van der Waals surface area contributed by atoms with Gasteiger partial charge in [-0.05, 0) is 43.0 Å². The second-order valence-corrected chi connectivity index (χ2v) is 6.31. The molecule has 0 radical (unpaired) electrons. The molecule has 112 valence electrons. The molecule has 3 rings (SSSR count). The zero-order chi connectivity index (χ0) is 14.8. The van der Waals surface area contributed by atoms with E-state index in [0.29, 0.717) is 5.92 Å². The van der Waals surface area contributed by atoms with Crippen LogP contribution >= 0.6 is 0 Å². The first-order valence-electron chi connectivity index (χ1n) is 7.98. The number of nitrogens with zero attached hydrogens (tertiary/aromatic N) is 1. The number of nitrogens with one attached hydrogen (secondary N) is 1. The van der Waals surface area contributed by atoms with Crippen molar-refractivity contribution in [3.05, 3.63) is 41.6 Å². The van der Waals surface area contributed by atoms with Crippen molar-refractivity contribution in [1.29, 1.82) is 0 Å². The minimum absolute atomic E-state index is 0.157. The summed E-state index contributed by atoms with van der Waals surface area (Å²) in [6.45, 7) is 5.29. The lowest BCUT2D eigenvalue weighted by Crippen LogP contribution is -2.38. The Labute approximate surface area is 126 Å². The largest absolute Gasteiger partial charge is 0.387 e. The van der Waals surface area contributed by atoms with Gasteiger partial charge in [0.1, 0.15) is 0 Å². The van der Waals surface area contributed by atoms with Crippen LogP contribution in [0.15, 0.2) is 30.3 Å². The SMILES string of the molecule is CC(C)c1cc([C@H](O)[C@@H]2CCCCN2)c2ccccc2n1. The molecule has 0 saturated carbocycles. The molecule has 0 spiro atoms. The fourth-order valence-corrected chi connectivity index (χ4v) is 3.13. The second-order valence-electron chi connectivity index (χ2n) is 6.31. The molecule has 2 heterocycles. The Morgan fingerprint density at radius 2 is 2.05 bits per heavy atom. The van der Waals surface area contributed by atoms with E-state index >= 15 is 0 Å². The fraction of sp³-hybridized carbons (Fsp3) is 0.500. The highest BCUT2D eigenvalue weighted by Gasteiger charge is 2.25. The average molecular weight is 284 g/mol. The predicted molar refractivity (Wildman–Crippen MR) is 86.4 cm³/mol. The molecule has 21 heavy (non-hydrogen) atoms. The van der Waals surface area contributed by atoms with Gasteiger partial charge in [0.05, 0.1) is 11.6 Å². The third-order valence-corrected chi connectivity index (χ3v) is 4.41. The lowest BCUT2D eigenvalue weighted by Gasteiger charge is -2.29.